The average Bonchev–Trinajstić information content (AvgIpc) is 2.78. The van der Waals surface area contributed by atoms with E-state index in [2.05, 4.69) is 53.4 Å². The molecule has 1 unspecified atom stereocenters. The Morgan fingerprint density at radius 2 is 1.59 bits per heavy atom. The van der Waals surface area contributed by atoms with Crippen molar-refractivity contribution in [3.63, 3.8) is 0 Å². The third-order valence-corrected chi connectivity index (χ3v) is 6.96. The topological polar surface area (TPSA) is 43.8 Å². The van der Waals surface area contributed by atoms with Crippen LogP contribution in [0.5, 0.6) is 0 Å². The molecule has 5 atom stereocenters. The van der Waals surface area contributed by atoms with Crippen molar-refractivity contribution in [1.82, 2.24) is 9.80 Å². The van der Waals surface area contributed by atoms with E-state index in [9.17, 15) is 9.90 Å². The molecule has 5 rings (SSSR count). The molecule has 1 amide bonds. The lowest BCUT2D eigenvalue weighted by atomic mass is 9.67. The van der Waals surface area contributed by atoms with Gasteiger partial charge in [-0.1, -0.05) is 60.7 Å². The second-order valence-electron chi connectivity index (χ2n) is 8.34. The van der Waals surface area contributed by atoms with Crippen molar-refractivity contribution in [1.29, 1.82) is 0 Å². The number of aliphatic hydroxyl groups is 1. The maximum absolute atomic E-state index is 13.1. The Morgan fingerprint density at radius 3 is 2.07 bits per heavy atom. The fraction of sp³-hybridized carbons (Fsp3) is 0.480. The molecule has 29 heavy (non-hydrogen) atoms. The molecule has 0 aliphatic carbocycles. The van der Waals surface area contributed by atoms with Crippen LogP contribution >= 0.6 is 0 Å². The van der Waals surface area contributed by atoms with Gasteiger partial charge in [0.1, 0.15) is 0 Å². The molecule has 3 aliphatic rings. The monoisotopic (exact) mass is 392 g/mol. The first kappa shape index (κ1) is 20.1. The van der Waals surface area contributed by atoms with Crippen LogP contribution in [-0.2, 0) is 4.79 Å². The molecule has 2 bridgehead atoms. The van der Waals surface area contributed by atoms with Crippen molar-refractivity contribution in [2.75, 3.05) is 26.2 Å². The van der Waals surface area contributed by atoms with Crippen molar-refractivity contribution in [3.8, 4) is 0 Å². The molecule has 0 saturated carbocycles. The molecule has 3 heterocycles. The van der Waals surface area contributed by atoms with Crippen LogP contribution in [0.1, 0.15) is 37.3 Å². The summed E-state index contributed by atoms with van der Waals surface area (Å²) in [6, 6.07) is 21.0. The zero-order valence-corrected chi connectivity index (χ0v) is 17.4. The van der Waals surface area contributed by atoms with Crippen LogP contribution < -0.4 is 0 Å². The van der Waals surface area contributed by atoms with Crippen molar-refractivity contribution >= 4 is 5.91 Å². The summed E-state index contributed by atoms with van der Waals surface area (Å²) in [5.74, 6) is 0.244. The molecule has 3 aliphatic heterocycles. The van der Waals surface area contributed by atoms with E-state index in [0.29, 0.717) is 0 Å². The minimum Gasteiger partial charge on any atom is -0.391 e. The maximum atomic E-state index is 13.1. The van der Waals surface area contributed by atoms with E-state index < -0.39 is 6.10 Å². The Hall–Kier alpha value is -2.17. The van der Waals surface area contributed by atoms with Gasteiger partial charge in [0.15, 0.2) is 0 Å². The third-order valence-electron chi connectivity index (χ3n) is 6.96. The van der Waals surface area contributed by atoms with Crippen LogP contribution in [0.25, 0.3) is 0 Å². The SMILES string of the molecule is CCN(CC)C(=O)[C@H]1CN2CC[C@H]1[C@H](O)[C@H]2C(c1ccccc1)c1ccccc1. The summed E-state index contributed by atoms with van der Waals surface area (Å²) >= 11 is 0. The van der Waals surface area contributed by atoms with E-state index in [0.717, 1.165) is 32.6 Å². The highest BCUT2D eigenvalue weighted by molar-refractivity contribution is 5.79. The fourth-order valence-electron chi connectivity index (χ4n) is 5.49. The lowest BCUT2D eigenvalue weighted by Crippen LogP contribution is -2.65. The Kier molecular flexibility index (Phi) is 6.02. The third kappa shape index (κ3) is 3.72. The highest BCUT2D eigenvalue weighted by Crippen LogP contribution is 2.44. The molecule has 0 spiro atoms. The molecular weight excluding hydrogens is 360 g/mol. The van der Waals surface area contributed by atoms with Crippen molar-refractivity contribution in [3.05, 3.63) is 71.8 Å². The first-order valence-corrected chi connectivity index (χ1v) is 11.0. The van der Waals surface area contributed by atoms with Gasteiger partial charge in [0.05, 0.1) is 12.0 Å². The van der Waals surface area contributed by atoms with Gasteiger partial charge < -0.3 is 10.0 Å². The number of aliphatic hydroxyl groups excluding tert-OH is 1. The number of amides is 1. The normalized spacial score (nSPS) is 28.5. The lowest BCUT2D eigenvalue weighted by molar-refractivity contribution is -0.156. The van der Waals surface area contributed by atoms with Crippen molar-refractivity contribution in [2.24, 2.45) is 11.8 Å². The van der Waals surface area contributed by atoms with Crippen molar-refractivity contribution < 1.29 is 9.90 Å². The summed E-state index contributed by atoms with van der Waals surface area (Å²) in [6.45, 7) is 7.22. The molecule has 4 nitrogen and oxygen atoms in total. The summed E-state index contributed by atoms with van der Waals surface area (Å²) in [5.41, 5.74) is 2.45. The van der Waals surface area contributed by atoms with Gasteiger partial charge in [0.25, 0.3) is 0 Å². The number of hydrogen-bond acceptors (Lipinski definition) is 3. The predicted octanol–water partition coefficient (Wildman–Crippen LogP) is 3.37. The van der Waals surface area contributed by atoms with Gasteiger partial charge in [-0.3, -0.25) is 9.69 Å². The molecule has 2 aromatic rings. The van der Waals surface area contributed by atoms with Crippen LogP contribution in [0.2, 0.25) is 0 Å². The van der Waals surface area contributed by atoms with Crippen LogP contribution in [0.3, 0.4) is 0 Å². The number of fused-ring (bicyclic) bond motifs is 3. The molecule has 0 aromatic heterocycles. The van der Waals surface area contributed by atoms with Crippen LogP contribution in [-0.4, -0.2) is 59.1 Å². The standard InChI is InChI=1S/C25H32N2O2/c1-3-26(4-2)25(29)21-17-27-16-15-20(21)24(28)23(27)22(18-11-7-5-8-12-18)19-13-9-6-10-14-19/h5-14,20-24,28H,3-4,15-17H2,1-2H3/t20-,21+,23-,24+/m1/s1. The highest BCUT2D eigenvalue weighted by Gasteiger charge is 2.52. The predicted molar refractivity (Wildman–Crippen MR) is 116 cm³/mol. The Labute approximate surface area is 174 Å². The minimum atomic E-state index is -0.507. The Balaban J connectivity index is 1.67. The highest BCUT2D eigenvalue weighted by atomic mass is 16.3. The number of carbonyl (C=O) groups excluding carboxylic acids is 1. The zero-order valence-electron chi connectivity index (χ0n) is 17.4. The van der Waals surface area contributed by atoms with Gasteiger partial charge in [-0.15, -0.1) is 0 Å². The Bertz CT molecular complexity index is 765. The summed E-state index contributed by atoms with van der Waals surface area (Å²) in [7, 11) is 0. The quantitative estimate of drug-likeness (QED) is 0.820. The Morgan fingerprint density at radius 1 is 1.03 bits per heavy atom. The van der Waals surface area contributed by atoms with E-state index in [1.54, 1.807) is 0 Å². The molecule has 3 saturated heterocycles. The number of rotatable bonds is 6. The first-order chi connectivity index (χ1) is 14.2. The van der Waals surface area contributed by atoms with E-state index in [1.165, 1.54) is 11.1 Å². The zero-order chi connectivity index (χ0) is 20.4. The van der Waals surface area contributed by atoms with Gasteiger partial charge in [0.2, 0.25) is 5.91 Å². The molecule has 1 N–H and O–H groups in total. The fourth-order valence-corrected chi connectivity index (χ4v) is 5.49. The maximum Gasteiger partial charge on any atom is 0.227 e. The molecule has 0 radical (unpaired) electrons. The van der Waals surface area contributed by atoms with E-state index in [1.807, 2.05) is 30.9 Å². The summed E-state index contributed by atoms with van der Waals surface area (Å²) in [6.07, 6.45) is 0.387. The van der Waals surface area contributed by atoms with Gasteiger partial charge in [-0.25, -0.2) is 0 Å². The number of hydrogen-bond donors (Lipinski definition) is 1. The summed E-state index contributed by atoms with van der Waals surface area (Å²) in [4.78, 5) is 17.4. The molecular formula is C25H32N2O2. The number of nitrogens with zero attached hydrogens (tertiary/aromatic N) is 2. The number of carbonyl (C=O) groups is 1. The smallest absolute Gasteiger partial charge is 0.227 e. The van der Waals surface area contributed by atoms with Crippen LogP contribution in [0, 0.1) is 11.8 Å². The molecule has 3 fully saturated rings. The van der Waals surface area contributed by atoms with E-state index >= 15 is 0 Å². The van der Waals surface area contributed by atoms with Gasteiger partial charge >= 0.3 is 0 Å². The molecule has 2 aromatic carbocycles. The van der Waals surface area contributed by atoms with Crippen LogP contribution in [0.4, 0.5) is 0 Å². The number of benzene rings is 2. The summed E-state index contributed by atoms with van der Waals surface area (Å²) < 4.78 is 0. The van der Waals surface area contributed by atoms with Gasteiger partial charge in [-0.2, -0.15) is 0 Å². The second kappa shape index (κ2) is 8.68. The van der Waals surface area contributed by atoms with Crippen LogP contribution in [0.15, 0.2) is 60.7 Å². The van der Waals surface area contributed by atoms with Crippen molar-refractivity contribution in [2.45, 2.75) is 38.3 Å². The minimum absolute atomic E-state index is 0.000645. The van der Waals surface area contributed by atoms with Gasteiger partial charge in [-0.05, 0) is 37.9 Å². The summed E-state index contributed by atoms with van der Waals surface area (Å²) in [5, 5.41) is 11.5. The number of piperidine rings is 3. The molecule has 154 valence electrons. The first-order valence-electron chi connectivity index (χ1n) is 11.0. The average molecular weight is 393 g/mol. The van der Waals surface area contributed by atoms with E-state index in [-0.39, 0.29) is 29.7 Å². The largest absolute Gasteiger partial charge is 0.391 e. The molecule has 4 heteroatoms. The van der Waals surface area contributed by atoms with E-state index in [4.69, 9.17) is 0 Å². The lowest BCUT2D eigenvalue weighted by Gasteiger charge is -2.55. The second-order valence-corrected chi connectivity index (χ2v) is 8.34. The van der Waals surface area contributed by atoms with Gasteiger partial charge in [0, 0.05) is 37.5 Å².